The molecule has 3 rings (SSSR count). The molecule has 0 saturated carbocycles. The predicted octanol–water partition coefficient (Wildman–Crippen LogP) is 2.42. The molecular formula is C19H22N4O2. The molecule has 1 aliphatic rings. The molecule has 1 aromatic heterocycles. The smallest absolute Gasteiger partial charge is 0.228 e. The molecule has 2 atom stereocenters. The molecule has 6 nitrogen and oxygen atoms in total. The first-order valence-electron chi connectivity index (χ1n) is 8.43. The zero-order valence-corrected chi connectivity index (χ0v) is 14.6. The van der Waals surface area contributed by atoms with Gasteiger partial charge in [0.05, 0.1) is 17.6 Å². The van der Waals surface area contributed by atoms with Crippen LogP contribution < -0.4 is 0 Å². The maximum absolute atomic E-state index is 13.0. The van der Waals surface area contributed by atoms with Gasteiger partial charge in [-0.05, 0) is 30.5 Å². The molecule has 2 heterocycles. The maximum atomic E-state index is 13.0. The van der Waals surface area contributed by atoms with Gasteiger partial charge in [0, 0.05) is 39.6 Å². The molecule has 25 heavy (non-hydrogen) atoms. The summed E-state index contributed by atoms with van der Waals surface area (Å²) in [6.07, 6.45) is 4.98. The lowest BCUT2D eigenvalue weighted by Gasteiger charge is -2.33. The summed E-state index contributed by atoms with van der Waals surface area (Å²) < 4.78 is 7.81. The zero-order chi connectivity index (χ0) is 17.8. The number of imidazole rings is 1. The first-order chi connectivity index (χ1) is 12.1. The molecule has 1 aromatic carbocycles. The predicted molar refractivity (Wildman–Crippen MR) is 92.3 cm³/mol. The van der Waals surface area contributed by atoms with Crippen molar-refractivity contribution in [1.29, 1.82) is 5.26 Å². The van der Waals surface area contributed by atoms with Crippen molar-refractivity contribution in [2.24, 2.45) is 13.0 Å². The Kier molecular flexibility index (Phi) is 5.15. The van der Waals surface area contributed by atoms with Gasteiger partial charge in [-0.3, -0.25) is 4.79 Å². The number of benzene rings is 1. The first-order valence-corrected chi connectivity index (χ1v) is 8.43. The summed E-state index contributed by atoms with van der Waals surface area (Å²) >= 11 is 0. The van der Waals surface area contributed by atoms with Crippen molar-refractivity contribution in [2.75, 3.05) is 13.7 Å². The summed E-state index contributed by atoms with van der Waals surface area (Å²) in [6.45, 7) is 1.16. The van der Waals surface area contributed by atoms with Crippen LogP contribution in [0.5, 0.6) is 0 Å². The number of carbonyl (C=O) groups is 1. The van der Waals surface area contributed by atoms with Crippen molar-refractivity contribution in [3.63, 3.8) is 0 Å². The van der Waals surface area contributed by atoms with Crippen molar-refractivity contribution >= 4 is 5.91 Å². The van der Waals surface area contributed by atoms with E-state index in [1.54, 1.807) is 23.2 Å². The largest absolute Gasteiger partial charge is 0.369 e. The Morgan fingerprint density at radius 3 is 2.84 bits per heavy atom. The van der Waals surface area contributed by atoms with Gasteiger partial charge in [0.1, 0.15) is 11.9 Å². The summed E-state index contributed by atoms with van der Waals surface area (Å²) in [6, 6.07) is 9.42. The average molecular weight is 338 g/mol. The summed E-state index contributed by atoms with van der Waals surface area (Å²) in [5.74, 6) is 0.639. The third-order valence-corrected chi connectivity index (χ3v) is 4.63. The molecule has 6 heteroatoms. The molecule has 2 aromatic rings. The summed E-state index contributed by atoms with van der Waals surface area (Å²) in [5, 5.41) is 8.87. The van der Waals surface area contributed by atoms with Crippen molar-refractivity contribution in [3.8, 4) is 6.07 Å². The molecule has 1 aliphatic heterocycles. The highest BCUT2D eigenvalue weighted by atomic mass is 16.5. The number of aromatic nitrogens is 2. The first kappa shape index (κ1) is 17.2. The van der Waals surface area contributed by atoms with Crippen LogP contribution in [0, 0.1) is 17.2 Å². The standard InChI is InChI=1S/C19H22N4O2/c1-22-10-9-21-18(22)17-16(4-3-11-25-17)19(24)23(2)13-15-7-5-14(12-20)6-8-15/h5-10,16-17H,3-4,11,13H2,1-2H3/t16-,17-/m1/s1. The van der Waals surface area contributed by atoms with E-state index < -0.39 is 0 Å². The summed E-state index contributed by atoms with van der Waals surface area (Å²) in [4.78, 5) is 19.1. The van der Waals surface area contributed by atoms with Crippen LogP contribution in [0.25, 0.3) is 0 Å². The quantitative estimate of drug-likeness (QED) is 0.858. The van der Waals surface area contributed by atoms with E-state index in [9.17, 15) is 4.79 Å². The molecule has 0 bridgehead atoms. The van der Waals surface area contributed by atoms with Gasteiger partial charge in [0.15, 0.2) is 0 Å². The summed E-state index contributed by atoms with van der Waals surface area (Å²) in [5.41, 5.74) is 1.62. The minimum atomic E-state index is -0.301. The van der Waals surface area contributed by atoms with Gasteiger partial charge in [0.2, 0.25) is 5.91 Å². The average Bonchev–Trinajstić information content (AvgIpc) is 3.07. The molecule has 0 radical (unpaired) electrons. The maximum Gasteiger partial charge on any atom is 0.228 e. The van der Waals surface area contributed by atoms with Gasteiger partial charge in [-0.25, -0.2) is 4.98 Å². The van der Waals surface area contributed by atoms with Crippen LogP contribution in [0.4, 0.5) is 0 Å². The van der Waals surface area contributed by atoms with Crippen LogP contribution in [0.1, 0.15) is 35.9 Å². The lowest BCUT2D eigenvalue weighted by atomic mass is 9.92. The van der Waals surface area contributed by atoms with Gasteiger partial charge in [-0.2, -0.15) is 5.26 Å². The lowest BCUT2D eigenvalue weighted by Crippen LogP contribution is -2.39. The second kappa shape index (κ2) is 7.49. The lowest BCUT2D eigenvalue weighted by molar-refractivity contribution is -0.145. The number of hydrogen-bond acceptors (Lipinski definition) is 4. The Labute approximate surface area is 147 Å². The molecule has 1 fully saturated rings. The van der Waals surface area contributed by atoms with Gasteiger partial charge in [0.25, 0.3) is 0 Å². The molecule has 130 valence electrons. The molecule has 1 amide bonds. The van der Waals surface area contributed by atoms with Crippen molar-refractivity contribution < 1.29 is 9.53 Å². The number of aryl methyl sites for hydroxylation is 1. The third-order valence-electron chi connectivity index (χ3n) is 4.63. The number of carbonyl (C=O) groups excluding carboxylic acids is 1. The van der Waals surface area contributed by atoms with E-state index >= 15 is 0 Å². The zero-order valence-electron chi connectivity index (χ0n) is 14.6. The Morgan fingerprint density at radius 1 is 1.44 bits per heavy atom. The fourth-order valence-corrected chi connectivity index (χ4v) is 3.26. The van der Waals surface area contributed by atoms with Gasteiger partial charge >= 0.3 is 0 Å². The number of rotatable bonds is 4. The highest BCUT2D eigenvalue weighted by Gasteiger charge is 2.36. The van der Waals surface area contributed by atoms with Gasteiger partial charge in [-0.1, -0.05) is 12.1 Å². The van der Waals surface area contributed by atoms with Crippen molar-refractivity contribution in [3.05, 3.63) is 53.6 Å². The van der Waals surface area contributed by atoms with Crippen molar-refractivity contribution in [1.82, 2.24) is 14.5 Å². The highest BCUT2D eigenvalue weighted by Crippen LogP contribution is 2.34. The van der Waals surface area contributed by atoms with E-state index in [0.29, 0.717) is 18.7 Å². The van der Waals surface area contributed by atoms with Crippen LogP contribution >= 0.6 is 0 Å². The molecule has 0 N–H and O–H groups in total. The number of nitrogens with zero attached hydrogens (tertiary/aromatic N) is 4. The van der Waals surface area contributed by atoms with E-state index in [1.165, 1.54) is 0 Å². The van der Waals surface area contributed by atoms with E-state index in [0.717, 1.165) is 24.2 Å². The van der Waals surface area contributed by atoms with Crippen LogP contribution in [0.15, 0.2) is 36.7 Å². The van der Waals surface area contributed by atoms with Crippen LogP contribution in [-0.2, 0) is 23.1 Å². The Bertz CT molecular complexity index is 775. The third kappa shape index (κ3) is 3.72. The van der Waals surface area contributed by atoms with Crippen LogP contribution in [0.2, 0.25) is 0 Å². The van der Waals surface area contributed by atoms with Crippen LogP contribution in [0.3, 0.4) is 0 Å². The number of nitriles is 1. The molecular weight excluding hydrogens is 316 g/mol. The van der Waals surface area contributed by atoms with E-state index in [2.05, 4.69) is 11.1 Å². The topological polar surface area (TPSA) is 71.2 Å². The van der Waals surface area contributed by atoms with E-state index in [-0.39, 0.29) is 17.9 Å². The second-order valence-corrected chi connectivity index (χ2v) is 6.44. The normalized spacial score (nSPS) is 20.0. The monoisotopic (exact) mass is 338 g/mol. The fraction of sp³-hybridized carbons (Fsp3) is 0.421. The summed E-state index contributed by atoms with van der Waals surface area (Å²) in [7, 11) is 3.73. The molecule has 0 spiro atoms. The molecule has 1 saturated heterocycles. The van der Waals surface area contributed by atoms with Crippen molar-refractivity contribution in [2.45, 2.75) is 25.5 Å². The number of ether oxygens (including phenoxy) is 1. The number of hydrogen-bond donors (Lipinski definition) is 0. The Balaban J connectivity index is 1.73. The van der Waals surface area contributed by atoms with E-state index in [4.69, 9.17) is 10.00 Å². The fourth-order valence-electron chi connectivity index (χ4n) is 3.26. The Hall–Kier alpha value is -2.65. The minimum Gasteiger partial charge on any atom is -0.369 e. The highest BCUT2D eigenvalue weighted by molar-refractivity contribution is 5.79. The molecule has 0 aliphatic carbocycles. The molecule has 0 unspecified atom stereocenters. The van der Waals surface area contributed by atoms with Crippen LogP contribution in [-0.4, -0.2) is 34.0 Å². The van der Waals surface area contributed by atoms with Gasteiger partial charge < -0.3 is 14.2 Å². The Morgan fingerprint density at radius 2 is 2.20 bits per heavy atom. The minimum absolute atomic E-state index is 0.0667. The van der Waals surface area contributed by atoms with Gasteiger partial charge in [-0.15, -0.1) is 0 Å². The number of amides is 1. The SMILES string of the molecule is CN(Cc1ccc(C#N)cc1)C(=O)[C@@H]1CCCO[C@H]1c1nccn1C. The van der Waals surface area contributed by atoms with E-state index in [1.807, 2.05) is 37.0 Å². The second-order valence-electron chi connectivity index (χ2n) is 6.44.